The maximum atomic E-state index is 11.0. The minimum atomic E-state index is -0.921. The summed E-state index contributed by atoms with van der Waals surface area (Å²) in [6, 6.07) is 0. The molecule has 0 spiro atoms. The molecule has 15 heavy (non-hydrogen) atoms. The van der Waals surface area contributed by atoms with Crippen LogP contribution in [0, 0.1) is 0 Å². The number of hydrogen-bond donors (Lipinski definition) is 0. The maximum Gasteiger partial charge on any atom is 0.417 e. The molecule has 0 aromatic heterocycles. The Morgan fingerprint density at radius 2 is 1.80 bits per heavy atom. The largest absolute Gasteiger partial charge is 0.457 e. The lowest BCUT2D eigenvalue weighted by molar-refractivity contribution is -0.170. The van der Waals surface area contributed by atoms with Gasteiger partial charge in [-0.3, -0.25) is 0 Å². The molecule has 5 heteroatoms. The van der Waals surface area contributed by atoms with Crippen LogP contribution in [0.25, 0.3) is 0 Å². The van der Waals surface area contributed by atoms with Crippen LogP contribution >= 0.6 is 0 Å². The molecule has 5 nitrogen and oxygen atoms in total. The minimum absolute atomic E-state index is 0.240. The summed E-state index contributed by atoms with van der Waals surface area (Å²) in [5.41, 5.74) is 0. The van der Waals surface area contributed by atoms with E-state index in [1.54, 1.807) is 13.8 Å². The van der Waals surface area contributed by atoms with Crippen molar-refractivity contribution in [2.24, 2.45) is 0 Å². The first-order chi connectivity index (χ1) is 6.93. The standard InChI is InChI=1S/C10H19NO4/c1-8(2)15-10(13)9(12)14-7-5-6-11(3)4/h8H,5-7H2,1-4H3. The maximum absolute atomic E-state index is 11.0. The van der Waals surface area contributed by atoms with E-state index in [9.17, 15) is 9.59 Å². The van der Waals surface area contributed by atoms with E-state index in [2.05, 4.69) is 4.74 Å². The first-order valence-electron chi connectivity index (χ1n) is 4.96. The van der Waals surface area contributed by atoms with Crippen molar-refractivity contribution < 1.29 is 19.1 Å². The monoisotopic (exact) mass is 217 g/mol. The highest BCUT2D eigenvalue weighted by atomic mass is 16.6. The van der Waals surface area contributed by atoms with E-state index in [4.69, 9.17) is 4.74 Å². The summed E-state index contributed by atoms with van der Waals surface area (Å²) in [7, 11) is 3.85. The molecule has 0 aliphatic heterocycles. The number of nitrogens with zero attached hydrogens (tertiary/aromatic N) is 1. The van der Waals surface area contributed by atoms with Crippen molar-refractivity contribution in [1.29, 1.82) is 0 Å². The third-order valence-electron chi connectivity index (χ3n) is 1.49. The zero-order valence-corrected chi connectivity index (χ0v) is 9.78. The highest BCUT2D eigenvalue weighted by molar-refractivity contribution is 6.29. The Kier molecular flexibility index (Phi) is 6.70. The molecule has 0 radical (unpaired) electrons. The van der Waals surface area contributed by atoms with Gasteiger partial charge in [-0.05, 0) is 34.4 Å². The summed E-state index contributed by atoms with van der Waals surface area (Å²) in [5, 5.41) is 0. The molecule has 0 aromatic carbocycles. The first-order valence-corrected chi connectivity index (χ1v) is 4.96. The summed E-state index contributed by atoms with van der Waals surface area (Å²) < 4.78 is 9.38. The van der Waals surface area contributed by atoms with Gasteiger partial charge in [0.2, 0.25) is 0 Å². The van der Waals surface area contributed by atoms with E-state index in [1.807, 2.05) is 19.0 Å². The molecule has 88 valence electrons. The molecular weight excluding hydrogens is 198 g/mol. The van der Waals surface area contributed by atoms with Crippen LogP contribution in [0.5, 0.6) is 0 Å². The normalized spacial score (nSPS) is 10.5. The molecule has 0 atom stereocenters. The van der Waals surface area contributed by atoms with E-state index in [0.29, 0.717) is 6.42 Å². The molecule has 0 saturated carbocycles. The molecule has 0 heterocycles. The Labute approximate surface area is 90.3 Å². The van der Waals surface area contributed by atoms with Gasteiger partial charge in [0.05, 0.1) is 12.7 Å². The SMILES string of the molecule is CC(C)OC(=O)C(=O)OCCCN(C)C. The van der Waals surface area contributed by atoms with E-state index in [-0.39, 0.29) is 12.7 Å². The lowest BCUT2D eigenvalue weighted by atomic mass is 10.4. The van der Waals surface area contributed by atoms with Gasteiger partial charge in [0.15, 0.2) is 0 Å². The average Bonchev–Trinajstić information content (AvgIpc) is 2.10. The zero-order valence-electron chi connectivity index (χ0n) is 9.78. The van der Waals surface area contributed by atoms with E-state index >= 15 is 0 Å². The van der Waals surface area contributed by atoms with Crippen molar-refractivity contribution in [2.45, 2.75) is 26.4 Å². The van der Waals surface area contributed by atoms with Gasteiger partial charge in [0.1, 0.15) is 0 Å². The van der Waals surface area contributed by atoms with Gasteiger partial charge in [-0.1, -0.05) is 0 Å². The molecule has 0 saturated heterocycles. The zero-order chi connectivity index (χ0) is 11.8. The fourth-order valence-electron chi connectivity index (χ4n) is 0.867. The van der Waals surface area contributed by atoms with Crippen molar-refractivity contribution in [1.82, 2.24) is 4.90 Å². The summed E-state index contributed by atoms with van der Waals surface area (Å²) in [5.74, 6) is -1.84. The van der Waals surface area contributed by atoms with Crippen LogP contribution in [0.15, 0.2) is 0 Å². The van der Waals surface area contributed by atoms with Crippen molar-refractivity contribution in [3.63, 3.8) is 0 Å². The smallest absolute Gasteiger partial charge is 0.417 e. The second kappa shape index (κ2) is 7.23. The van der Waals surface area contributed by atoms with Gasteiger partial charge in [-0.2, -0.15) is 0 Å². The summed E-state index contributed by atoms with van der Waals surface area (Å²) in [4.78, 5) is 24.0. The van der Waals surface area contributed by atoms with Gasteiger partial charge in [0.25, 0.3) is 0 Å². The van der Waals surface area contributed by atoms with Crippen molar-refractivity contribution >= 4 is 11.9 Å². The molecule has 0 aliphatic carbocycles. The Bertz CT molecular complexity index is 213. The second-order valence-electron chi connectivity index (χ2n) is 3.75. The van der Waals surface area contributed by atoms with E-state index < -0.39 is 11.9 Å². The lowest BCUT2D eigenvalue weighted by Crippen LogP contribution is -2.24. The predicted octanol–water partition coefficient (Wildman–Crippen LogP) is 0.433. The van der Waals surface area contributed by atoms with E-state index in [1.165, 1.54) is 0 Å². The topological polar surface area (TPSA) is 55.8 Å². The molecule has 0 rings (SSSR count). The summed E-state index contributed by atoms with van der Waals surface area (Å²) in [6.07, 6.45) is 0.403. The van der Waals surface area contributed by atoms with Crippen molar-refractivity contribution in [2.75, 3.05) is 27.2 Å². The third-order valence-corrected chi connectivity index (χ3v) is 1.49. The number of hydrogen-bond acceptors (Lipinski definition) is 5. The van der Waals surface area contributed by atoms with Gasteiger partial charge < -0.3 is 14.4 Å². The van der Waals surface area contributed by atoms with Gasteiger partial charge in [0, 0.05) is 6.54 Å². The lowest BCUT2D eigenvalue weighted by Gasteiger charge is -2.10. The van der Waals surface area contributed by atoms with Crippen LogP contribution in [0.4, 0.5) is 0 Å². The number of carbonyl (C=O) groups excluding carboxylic acids is 2. The molecule has 0 aliphatic rings. The fourth-order valence-corrected chi connectivity index (χ4v) is 0.867. The van der Waals surface area contributed by atoms with Crippen LogP contribution in [-0.4, -0.2) is 50.2 Å². The van der Waals surface area contributed by atoms with Crippen molar-refractivity contribution in [3.8, 4) is 0 Å². The molecule has 0 amide bonds. The van der Waals surface area contributed by atoms with Crippen LogP contribution in [-0.2, 0) is 19.1 Å². The van der Waals surface area contributed by atoms with E-state index in [0.717, 1.165) is 6.54 Å². The molecule has 0 N–H and O–H groups in total. The van der Waals surface area contributed by atoms with Crippen LogP contribution < -0.4 is 0 Å². The first kappa shape index (κ1) is 13.9. The number of ether oxygens (including phenoxy) is 2. The Morgan fingerprint density at radius 3 is 2.27 bits per heavy atom. The number of carbonyl (C=O) groups is 2. The van der Waals surface area contributed by atoms with Crippen LogP contribution in [0.1, 0.15) is 20.3 Å². The Morgan fingerprint density at radius 1 is 1.20 bits per heavy atom. The number of rotatable bonds is 5. The van der Waals surface area contributed by atoms with Gasteiger partial charge >= 0.3 is 11.9 Å². The molecule has 0 unspecified atom stereocenters. The predicted molar refractivity (Wildman–Crippen MR) is 55.4 cm³/mol. The number of esters is 2. The fraction of sp³-hybridized carbons (Fsp3) is 0.800. The second-order valence-corrected chi connectivity index (χ2v) is 3.75. The van der Waals surface area contributed by atoms with Crippen molar-refractivity contribution in [3.05, 3.63) is 0 Å². The summed E-state index contributed by atoms with van der Waals surface area (Å²) >= 11 is 0. The Balaban J connectivity index is 3.61. The average molecular weight is 217 g/mol. The highest BCUT2D eigenvalue weighted by Gasteiger charge is 2.18. The summed E-state index contributed by atoms with van der Waals surface area (Å²) in [6.45, 7) is 4.41. The molecule has 0 aromatic rings. The highest BCUT2D eigenvalue weighted by Crippen LogP contribution is 1.93. The third kappa shape index (κ3) is 7.93. The molecule has 0 bridgehead atoms. The quantitative estimate of drug-likeness (QED) is 0.380. The van der Waals surface area contributed by atoms with Crippen LogP contribution in [0.3, 0.4) is 0 Å². The minimum Gasteiger partial charge on any atom is -0.457 e. The molecular formula is C10H19NO4. The van der Waals surface area contributed by atoms with Gasteiger partial charge in [-0.25, -0.2) is 9.59 Å². The molecule has 0 fully saturated rings. The van der Waals surface area contributed by atoms with Gasteiger partial charge in [-0.15, -0.1) is 0 Å². The Hall–Kier alpha value is -1.10. The van der Waals surface area contributed by atoms with Crippen LogP contribution in [0.2, 0.25) is 0 Å².